The number of hydrogen-bond acceptors (Lipinski definition) is 6. The molecular formula is C41H72O4S2Si. The fraction of sp³-hybridized carbons (Fsp3) is 0.805. The Balaban J connectivity index is 1.47. The van der Waals surface area contributed by atoms with Gasteiger partial charge in [-0.1, -0.05) is 110 Å². The first kappa shape index (κ1) is 42.1. The van der Waals surface area contributed by atoms with Crippen LogP contribution in [0.3, 0.4) is 0 Å². The van der Waals surface area contributed by atoms with Crippen molar-refractivity contribution in [3.05, 3.63) is 48.0 Å². The third-order valence-electron chi connectivity index (χ3n) is 11.2. The molecule has 0 spiro atoms. The van der Waals surface area contributed by atoms with Crippen LogP contribution < -0.4 is 0 Å². The molecule has 0 amide bonds. The summed E-state index contributed by atoms with van der Waals surface area (Å²) in [7, 11) is -1.85. The predicted molar refractivity (Wildman–Crippen MR) is 214 cm³/mol. The standard InChI is InChI=1S/C41H72O4S2Si/c1-11-18-36(45-48(9,10)40(6,7)8)26-32(3)25-34(5)41(46-23-17-24-47-41)39(42)28-37-27-33(4)38(44-37)22-16-15-19-31(2)29-43-30-35-20-13-12-14-21-35/h12-14,20-21,31,33-34,36-39,42H,3,11,15-19,22-30H2,1-2,4-10H3/t31-,33-,34+,36+,37+,38-,39-/m0/s1. The molecule has 1 N–H and O–H groups in total. The van der Waals surface area contributed by atoms with Gasteiger partial charge in [-0.15, -0.1) is 23.5 Å². The number of aliphatic hydroxyl groups is 1. The first-order valence-corrected chi connectivity index (χ1v) is 24.1. The van der Waals surface area contributed by atoms with E-state index in [1.165, 1.54) is 36.8 Å². The minimum atomic E-state index is -1.85. The average Bonchev–Trinajstić information content (AvgIpc) is 3.37. The second kappa shape index (κ2) is 20.1. The van der Waals surface area contributed by atoms with Crippen LogP contribution >= 0.6 is 23.5 Å². The van der Waals surface area contributed by atoms with Gasteiger partial charge >= 0.3 is 0 Å². The van der Waals surface area contributed by atoms with E-state index >= 15 is 0 Å². The zero-order chi connectivity index (χ0) is 35.4. The summed E-state index contributed by atoms with van der Waals surface area (Å²) in [5, 5.41) is 12.2. The van der Waals surface area contributed by atoms with E-state index in [0.29, 0.717) is 30.5 Å². The molecular weight excluding hydrogens is 649 g/mol. The Kier molecular flexibility index (Phi) is 17.6. The fourth-order valence-corrected chi connectivity index (χ4v) is 12.2. The Morgan fingerprint density at radius 3 is 2.42 bits per heavy atom. The molecule has 0 aromatic heterocycles. The summed E-state index contributed by atoms with van der Waals surface area (Å²) in [6.45, 7) is 27.1. The van der Waals surface area contributed by atoms with Crippen molar-refractivity contribution in [3.8, 4) is 0 Å². The molecule has 2 fully saturated rings. The van der Waals surface area contributed by atoms with Gasteiger partial charge in [0.05, 0.1) is 29.0 Å². The molecule has 1 aromatic rings. The van der Waals surface area contributed by atoms with Crippen LogP contribution in [0.5, 0.6) is 0 Å². The van der Waals surface area contributed by atoms with Gasteiger partial charge in [0.15, 0.2) is 8.32 Å². The van der Waals surface area contributed by atoms with Gasteiger partial charge in [-0.2, -0.15) is 0 Å². The van der Waals surface area contributed by atoms with E-state index in [2.05, 4.69) is 92.4 Å². The number of aliphatic hydroxyl groups excluding tert-OH is 1. The predicted octanol–water partition coefficient (Wildman–Crippen LogP) is 11.7. The maximum Gasteiger partial charge on any atom is 0.192 e. The number of thioether (sulfide) groups is 2. The maximum atomic E-state index is 12.0. The molecule has 2 saturated heterocycles. The number of unbranched alkanes of at least 4 members (excludes halogenated alkanes) is 1. The van der Waals surface area contributed by atoms with Gasteiger partial charge in [-0.05, 0) is 97.9 Å². The van der Waals surface area contributed by atoms with Crippen molar-refractivity contribution in [2.45, 2.75) is 172 Å². The van der Waals surface area contributed by atoms with Crippen LogP contribution in [-0.4, -0.2) is 60.0 Å². The molecule has 2 heterocycles. The van der Waals surface area contributed by atoms with E-state index in [-0.39, 0.29) is 21.3 Å². The molecule has 4 nitrogen and oxygen atoms in total. The van der Waals surface area contributed by atoms with E-state index in [4.69, 9.17) is 13.9 Å². The Hall–Kier alpha value is -0.283. The van der Waals surface area contributed by atoms with Gasteiger partial charge in [0.25, 0.3) is 0 Å². The van der Waals surface area contributed by atoms with Gasteiger partial charge in [0.2, 0.25) is 0 Å². The highest BCUT2D eigenvalue weighted by molar-refractivity contribution is 8.18. The number of hydrogen-bond donors (Lipinski definition) is 1. The molecule has 2 aliphatic rings. The van der Waals surface area contributed by atoms with Crippen molar-refractivity contribution in [1.29, 1.82) is 0 Å². The molecule has 2 aliphatic heterocycles. The van der Waals surface area contributed by atoms with E-state index in [1.54, 1.807) is 0 Å². The Morgan fingerprint density at radius 2 is 1.77 bits per heavy atom. The van der Waals surface area contributed by atoms with E-state index in [9.17, 15) is 5.11 Å². The highest BCUT2D eigenvalue weighted by Gasteiger charge is 2.47. The monoisotopic (exact) mass is 720 g/mol. The Bertz CT molecular complexity index is 1050. The highest BCUT2D eigenvalue weighted by Crippen LogP contribution is 2.53. The van der Waals surface area contributed by atoms with Crippen molar-refractivity contribution in [2.24, 2.45) is 17.8 Å². The number of rotatable bonds is 21. The summed E-state index contributed by atoms with van der Waals surface area (Å²) in [6, 6.07) is 10.4. The lowest BCUT2D eigenvalue weighted by Gasteiger charge is -2.45. The fourth-order valence-electron chi connectivity index (χ4n) is 7.26. The molecule has 0 radical (unpaired) electrons. The van der Waals surface area contributed by atoms with Gasteiger partial charge < -0.3 is 19.0 Å². The van der Waals surface area contributed by atoms with Crippen LogP contribution in [0, 0.1) is 17.8 Å². The first-order valence-electron chi connectivity index (χ1n) is 19.2. The summed E-state index contributed by atoms with van der Waals surface area (Å²) in [5.74, 6) is 3.69. The van der Waals surface area contributed by atoms with Crippen LogP contribution in [0.1, 0.15) is 125 Å². The molecule has 276 valence electrons. The Labute approximate surface area is 305 Å². The van der Waals surface area contributed by atoms with Crippen molar-refractivity contribution >= 4 is 31.8 Å². The van der Waals surface area contributed by atoms with Gasteiger partial charge in [0.1, 0.15) is 0 Å². The smallest absolute Gasteiger partial charge is 0.192 e. The van der Waals surface area contributed by atoms with Crippen LogP contribution in [0.25, 0.3) is 0 Å². The lowest BCUT2D eigenvalue weighted by molar-refractivity contribution is -0.00248. The second-order valence-electron chi connectivity index (χ2n) is 16.8. The number of ether oxygens (including phenoxy) is 2. The molecule has 0 unspecified atom stereocenters. The van der Waals surface area contributed by atoms with Gasteiger partial charge in [0, 0.05) is 19.1 Å². The summed E-state index contributed by atoms with van der Waals surface area (Å²) in [5.41, 5.74) is 2.52. The molecule has 7 heteroatoms. The van der Waals surface area contributed by atoms with Crippen LogP contribution in [0.2, 0.25) is 18.1 Å². The Morgan fingerprint density at radius 1 is 1.08 bits per heavy atom. The van der Waals surface area contributed by atoms with Crippen molar-refractivity contribution < 1.29 is 19.0 Å². The maximum absolute atomic E-state index is 12.0. The van der Waals surface area contributed by atoms with Crippen LogP contribution in [0.15, 0.2) is 42.5 Å². The highest BCUT2D eigenvalue weighted by atomic mass is 32.2. The molecule has 3 rings (SSSR count). The lowest BCUT2D eigenvalue weighted by atomic mass is 9.89. The van der Waals surface area contributed by atoms with Crippen LogP contribution in [0.4, 0.5) is 0 Å². The molecule has 48 heavy (non-hydrogen) atoms. The summed E-state index contributed by atoms with van der Waals surface area (Å²) >= 11 is 4.00. The normalized spacial score (nSPS) is 24.2. The third-order valence-corrected chi connectivity index (χ3v) is 19.6. The zero-order valence-electron chi connectivity index (χ0n) is 32.2. The molecule has 0 saturated carbocycles. The first-order chi connectivity index (χ1) is 22.7. The van der Waals surface area contributed by atoms with E-state index < -0.39 is 14.4 Å². The van der Waals surface area contributed by atoms with Crippen LogP contribution in [-0.2, 0) is 20.5 Å². The molecule has 7 atom stereocenters. The van der Waals surface area contributed by atoms with Gasteiger partial charge in [-0.25, -0.2) is 0 Å². The third kappa shape index (κ3) is 13.0. The zero-order valence-corrected chi connectivity index (χ0v) is 34.9. The average molecular weight is 721 g/mol. The quantitative estimate of drug-likeness (QED) is 0.0775. The topological polar surface area (TPSA) is 47.9 Å². The molecule has 0 bridgehead atoms. The summed E-state index contributed by atoms with van der Waals surface area (Å²) < 4.78 is 19.3. The summed E-state index contributed by atoms with van der Waals surface area (Å²) in [4.78, 5) is 0. The van der Waals surface area contributed by atoms with E-state index in [1.807, 2.05) is 29.6 Å². The summed E-state index contributed by atoms with van der Waals surface area (Å²) in [6.07, 6.45) is 12.1. The van der Waals surface area contributed by atoms with Crippen molar-refractivity contribution in [2.75, 3.05) is 18.1 Å². The van der Waals surface area contributed by atoms with Crippen molar-refractivity contribution in [1.82, 2.24) is 0 Å². The molecule has 1 aromatic carbocycles. The SMILES string of the molecule is C=C(C[C@@H](CCC)O[Si](C)(C)C(C)(C)C)C[C@@H](C)C1([C@@H](O)C[C@H]2C[C@H](C)[C@H](CCCC[C@H](C)COCc3ccccc3)O2)SCCCS1. The second-order valence-corrected chi connectivity index (χ2v) is 24.5. The minimum Gasteiger partial charge on any atom is -0.414 e. The lowest BCUT2D eigenvalue weighted by Crippen LogP contribution is -2.46. The van der Waals surface area contributed by atoms with E-state index in [0.717, 1.165) is 63.1 Å². The van der Waals surface area contributed by atoms with Crippen molar-refractivity contribution in [3.63, 3.8) is 0 Å². The van der Waals surface area contributed by atoms with Gasteiger partial charge in [-0.3, -0.25) is 0 Å². The molecule has 0 aliphatic carbocycles. The largest absolute Gasteiger partial charge is 0.414 e. The number of benzene rings is 1. The minimum absolute atomic E-state index is 0.146.